The number of hydrogen-bond donors (Lipinski definition) is 1. The number of nitrogens with zero attached hydrogens (tertiary/aromatic N) is 3. The third-order valence-corrected chi connectivity index (χ3v) is 4.83. The summed E-state index contributed by atoms with van der Waals surface area (Å²) in [6.45, 7) is 5.08. The normalized spacial score (nSPS) is 12.4. The Morgan fingerprint density at radius 3 is 2.28 bits per heavy atom. The van der Waals surface area contributed by atoms with Crippen molar-refractivity contribution in [3.05, 3.63) is 54.7 Å². The molecule has 9 heteroatoms. The Kier molecular flexibility index (Phi) is 5.45. The number of carbonyl (C=O) groups excluding carboxylic acids is 1. The SMILES string of the molecule is CC(C)(C)C(=O)Oc1c(N=Nc2ccccn2)cc(S(=O)(=O)O)c2ccccc12. The van der Waals surface area contributed by atoms with Gasteiger partial charge < -0.3 is 4.74 Å². The van der Waals surface area contributed by atoms with Crippen molar-refractivity contribution in [1.82, 2.24) is 4.98 Å². The summed E-state index contributed by atoms with van der Waals surface area (Å²) in [5.74, 6) is -0.202. The van der Waals surface area contributed by atoms with Crippen LogP contribution in [0.15, 0.2) is 69.9 Å². The van der Waals surface area contributed by atoms with Crippen LogP contribution in [0.5, 0.6) is 5.75 Å². The number of azo groups is 1. The molecular weight excluding hydrogens is 394 g/mol. The molecule has 0 atom stereocenters. The third kappa shape index (κ3) is 4.64. The molecule has 0 unspecified atom stereocenters. The lowest BCUT2D eigenvalue weighted by Crippen LogP contribution is -2.25. The zero-order valence-electron chi connectivity index (χ0n) is 16.0. The van der Waals surface area contributed by atoms with Crippen molar-refractivity contribution >= 4 is 38.4 Å². The number of pyridine rings is 1. The van der Waals surface area contributed by atoms with Crippen molar-refractivity contribution in [3.63, 3.8) is 0 Å². The molecule has 0 bridgehead atoms. The highest BCUT2D eigenvalue weighted by atomic mass is 32.2. The summed E-state index contributed by atoms with van der Waals surface area (Å²) in [4.78, 5) is 16.2. The van der Waals surface area contributed by atoms with E-state index in [1.54, 1.807) is 57.2 Å². The number of benzene rings is 2. The number of esters is 1. The highest BCUT2D eigenvalue weighted by molar-refractivity contribution is 7.86. The maximum Gasteiger partial charge on any atom is 0.316 e. The van der Waals surface area contributed by atoms with E-state index < -0.39 is 21.5 Å². The summed E-state index contributed by atoms with van der Waals surface area (Å²) < 4.78 is 39.1. The molecule has 0 aliphatic carbocycles. The monoisotopic (exact) mass is 413 g/mol. The summed E-state index contributed by atoms with van der Waals surface area (Å²) in [6.07, 6.45) is 1.53. The number of rotatable bonds is 4. The van der Waals surface area contributed by atoms with Crippen molar-refractivity contribution in [2.24, 2.45) is 15.6 Å². The van der Waals surface area contributed by atoms with E-state index >= 15 is 0 Å². The lowest BCUT2D eigenvalue weighted by Gasteiger charge is -2.19. The second-order valence-corrected chi connectivity index (χ2v) is 8.66. The van der Waals surface area contributed by atoms with Gasteiger partial charge in [0, 0.05) is 17.0 Å². The van der Waals surface area contributed by atoms with Gasteiger partial charge in [0.05, 0.1) is 5.41 Å². The van der Waals surface area contributed by atoms with Crippen molar-refractivity contribution < 1.29 is 22.5 Å². The predicted molar refractivity (Wildman–Crippen MR) is 107 cm³/mol. The van der Waals surface area contributed by atoms with Gasteiger partial charge in [-0.1, -0.05) is 30.3 Å². The fourth-order valence-corrected chi connectivity index (χ4v) is 3.18. The van der Waals surface area contributed by atoms with Crippen LogP contribution in [0.4, 0.5) is 11.5 Å². The lowest BCUT2D eigenvalue weighted by molar-refractivity contribution is -0.142. The second-order valence-electron chi connectivity index (χ2n) is 7.27. The van der Waals surface area contributed by atoms with Crippen LogP contribution in [0.1, 0.15) is 20.8 Å². The van der Waals surface area contributed by atoms with Gasteiger partial charge in [0.15, 0.2) is 11.6 Å². The van der Waals surface area contributed by atoms with Crippen LogP contribution in [-0.2, 0) is 14.9 Å². The van der Waals surface area contributed by atoms with E-state index in [2.05, 4.69) is 15.2 Å². The summed E-state index contributed by atoms with van der Waals surface area (Å²) in [7, 11) is -4.57. The Hall–Kier alpha value is -3.17. The van der Waals surface area contributed by atoms with Crippen LogP contribution in [0.25, 0.3) is 10.8 Å². The standard InChI is InChI=1S/C20H19N3O5S/c1-20(2,3)19(24)28-18-14-9-5-4-8-13(14)16(29(25,26)27)12-15(18)22-23-17-10-6-7-11-21-17/h4-12H,1-3H3,(H,25,26,27). The van der Waals surface area contributed by atoms with Gasteiger partial charge in [0.2, 0.25) is 0 Å². The van der Waals surface area contributed by atoms with Gasteiger partial charge in [-0.25, -0.2) is 4.98 Å². The average molecular weight is 413 g/mol. The minimum absolute atomic E-state index is 0.0282. The van der Waals surface area contributed by atoms with E-state index in [0.29, 0.717) is 5.39 Å². The Morgan fingerprint density at radius 2 is 1.69 bits per heavy atom. The van der Waals surface area contributed by atoms with Gasteiger partial charge in [-0.3, -0.25) is 9.35 Å². The molecule has 29 heavy (non-hydrogen) atoms. The van der Waals surface area contributed by atoms with Crippen LogP contribution >= 0.6 is 0 Å². The quantitative estimate of drug-likeness (QED) is 0.283. The topological polar surface area (TPSA) is 118 Å². The smallest absolute Gasteiger partial charge is 0.316 e. The van der Waals surface area contributed by atoms with Gasteiger partial charge in [-0.2, -0.15) is 8.42 Å². The molecular formula is C20H19N3O5S. The van der Waals surface area contributed by atoms with Gasteiger partial charge in [-0.05, 0) is 39.0 Å². The van der Waals surface area contributed by atoms with Crippen LogP contribution < -0.4 is 4.74 Å². The molecule has 0 saturated carbocycles. The molecule has 0 radical (unpaired) electrons. The minimum atomic E-state index is -4.57. The molecule has 3 aromatic rings. The molecule has 0 spiro atoms. The van der Waals surface area contributed by atoms with Gasteiger partial charge in [0.1, 0.15) is 10.6 Å². The number of ether oxygens (including phenoxy) is 1. The maximum absolute atomic E-state index is 12.5. The molecule has 2 aromatic carbocycles. The van der Waals surface area contributed by atoms with E-state index in [1.807, 2.05) is 0 Å². The molecule has 0 aliphatic heterocycles. The molecule has 0 saturated heterocycles. The predicted octanol–water partition coefficient (Wildman–Crippen LogP) is 4.85. The molecule has 1 heterocycles. The molecule has 1 N–H and O–H groups in total. The Morgan fingerprint density at radius 1 is 1.03 bits per heavy atom. The fourth-order valence-electron chi connectivity index (χ4n) is 2.46. The van der Waals surface area contributed by atoms with Crippen LogP contribution in [-0.4, -0.2) is 23.9 Å². The van der Waals surface area contributed by atoms with Crippen molar-refractivity contribution in [2.75, 3.05) is 0 Å². The van der Waals surface area contributed by atoms with E-state index in [1.165, 1.54) is 12.3 Å². The first-order valence-corrected chi connectivity index (χ1v) is 10.1. The maximum atomic E-state index is 12.5. The van der Waals surface area contributed by atoms with Gasteiger partial charge in [-0.15, -0.1) is 10.2 Å². The zero-order valence-corrected chi connectivity index (χ0v) is 16.8. The highest BCUT2D eigenvalue weighted by Gasteiger charge is 2.27. The minimum Gasteiger partial charge on any atom is -0.423 e. The highest BCUT2D eigenvalue weighted by Crippen LogP contribution is 2.41. The van der Waals surface area contributed by atoms with Gasteiger partial charge in [0.25, 0.3) is 10.1 Å². The summed E-state index contributed by atoms with van der Waals surface area (Å²) in [6, 6.07) is 12.5. The Labute approximate surface area is 168 Å². The molecule has 0 fully saturated rings. The fraction of sp³-hybridized carbons (Fsp3) is 0.200. The van der Waals surface area contributed by atoms with E-state index in [9.17, 15) is 17.8 Å². The van der Waals surface area contributed by atoms with Gasteiger partial charge >= 0.3 is 5.97 Å². The first-order valence-electron chi connectivity index (χ1n) is 8.65. The van der Waals surface area contributed by atoms with E-state index in [4.69, 9.17) is 4.74 Å². The van der Waals surface area contributed by atoms with Crippen molar-refractivity contribution in [3.8, 4) is 5.75 Å². The molecule has 150 valence electrons. The second kappa shape index (κ2) is 7.69. The first-order chi connectivity index (χ1) is 13.6. The molecule has 8 nitrogen and oxygen atoms in total. The summed E-state index contributed by atoms with van der Waals surface area (Å²) >= 11 is 0. The van der Waals surface area contributed by atoms with Crippen molar-refractivity contribution in [2.45, 2.75) is 25.7 Å². The largest absolute Gasteiger partial charge is 0.423 e. The Bertz CT molecular complexity index is 1200. The van der Waals surface area contributed by atoms with Crippen LogP contribution in [0, 0.1) is 5.41 Å². The van der Waals surface area contributed by atoms with Crippen LogP contribution in [0.2, 0.25) is 0 Å². The summed E-state index contributed by atoms with van der Waals surface area (Å²) in [5, 5.41) is 8.53. The average Bonchev–Trinajstić information content (AvgIpc) is 2.66. The molecule has 0 aliphatic rings. The van der Waals surface area contributed by atoms with E-state index in [0.717, 1.165) is 6.07 Å². The number of fused-ring (bicyclic) bond motifs is 1. The lowest BCUT2D eigenvalue weighted by atomic mass is 9.97. The summed E-state index contributed by atoms with van der Waals surface area (Å²) in [5.41, 5.74) is -0.835. The first kappa shape index (κ1) is 20.6. The number of aromatic nitrogens is 1. The molecule has 0 amide bonds. The van der Waals surface area contributed by atoms with Crippen molar-refractivity contribution in [1.29, 1.82) is 0 Å². The van der Waals surface area contributed by atoms with E-state index in [-0.39, 0.29) is 27.5 Å². The number of hydrogen-bond acceptors (Lipinski definition) is 7. The zero-order chi connectivity index (χ0) is 21.2. The third-order valence-electron chi connectivity index (χ3n) is 3.93. The number of carbonyl (C=O) groups is 1. The van der Waals surface area contributed by atoms with Crippen LogP contribution in [0.3, 0.4) is 0 Å². The molecule has 1 aromatic heterocycles. The molecule has 3 rings (SSSR count). The Balaban J connectivity index is 2.27.